The Morgan fingerprint density at radius 1 is 1.45 bits per heavy atom. The van der Waals surface area contributed by atoms with Crippen molar-refractivity contribution >= 4 is 45.8 Å². The van der Waals surface area contributed by atoms with Crippen LogP contribution in [0.15, 0.2) is 22.6 Å². The number of anilines is 1. The van der Waals surface area contributed by atoms with Crippen LogP contribution in [-0.4, -0.2) is 40.2 Å². The highest BCUT2D eigenvalue weighted by atomic mass is 127. The smallest absolute Gasteiger partial charge is 0.407 e. The molecule has 6 nitrogen and oxygen atoms in total. The van der Waals surface area contributed by atoms with E-state index in [9.17, 15) is 4.79 Å². The van der Waals surface area contributed by atoms with Crippen LogP contribution in [0.1, 0.15) is 12.8 Å². The van der Waals surface area contributed by atoms with Crippen molar-refractivity contribution in [3.05, 3.63) is 21.8 Å². The predicted octanol–water partition coefficient (Wildman–Crippen LogP) is 2.99. The molecule has 1 aromatic carbocycles. The minimum atomic E-state index is -0.847. The molecule has 1 aromatic heterocycles. The molecule has 20 heavy (non-hydrogen) atoms. The maximum Gasteiger partial charge on any atom is 0.407 e. The molecule has 0 spiro atoms. The number of likely N-dealkylation sites (tertiary alicyclic amines) is 1. The van der Waals surface area contributed by atoms with Gasteiger partial charge in [0.25, 0.3) is 6.01 Å². The van der Waals surface area contributed by atoms with Crippen molar-refractivity contribution in [3.63, 3.8) is 0 Å². The molecule has 0 unspecified atom stereocenters. The number of para-hydroxylation sites is 1. The first-order valence-corrected chi connectivity index (χ1v) is 7.51. The van der Waals surface area contributed by atoms with Crippen molar-refractivity contribution in [2.45, 2.75) is 18.9 Å². The number of fused-ring (bicyclic) bond motifs is 1. The highest BCUT2D eigenvalue weighted by Gasteiger charge is 2.23. The summed E-state index contributed by atoms with van der Waals surface area (Å²) in [4.78, 5) is 16.7. The van der Waals surface area contributed by atoms with Gasteiger partial charge in [-0.2, -0.15) is 4.98 Å². The lowest BCUT2D eigenvalue weighted by Gasteiger charge is -2.29. The summed E-state index contributed by atoms with van der Waals surface area (Å²) in [6.07, 6.45) is 0.685. The fraction of sp³-hybridized carbons (Fsp3) is 0.385. The van der Waals surface area contributed by atoms with Crippen LogP contribution in [0.3, 0.4) is 0 Å². The van der Waals surface area contributed by atoms with Crippen LogP contribution in [-0.2, 0) is 0 Å². The Kier molecular flexibility index (Phi) is 3.68. The molecule has 1 amide bonds. The predicted molar refractivity (Wildman–Crippen MR) is 83.0 cm³/mol. The van der Waals surface area contributed by atoms with Crippen molar-refractivity contribution in [1.29, 1.82) is 0 Å². The van der Waals surface area contributed by atoms with Gasteiger partial charge in [-0.3, -0.25) is 0 Å². The Morgan fingerprint density at radius 3 is 2.85 bits per heavy atom. The third-order valence-electron chi connectivity index (χ3n) is 3.46. The van der Waals surface area contributed by atoms with Crippen LogP contribution in [0.25, 0.3) is 11.1 Å². The summed E-state index contributed by atoms with van der Waals surface area (Å²) in [5.41, 5.74) is 1.63. The molecule has 0 radical (unpaired) electrons. The summed E-state index contributed by atoms with van der Waals surface area (Å²) in [5, 5.41) is 12.2. The van der Waals surface area contributed by atoms with E-state index in [1.54, 1.807) is 0 Å². The first kappa shape index (κ1) is 13.5. The zero-order valence-corrected chi connectivity index (χ0v) is 12.8. The van der Waals surface area contributed by atoms with E-state index in [0.29, 0.717) is 19.1 Å². The third-order valence-corrected chi connectivity index (χ3v) is 4.33. The first-order valence-electron chi connectivity index (χ1n) is 6.43. The lowest BCUT2D eigenvalue weighted by molar-refractivity contribution is 0.133. The van der Waals surface area contributed by atoms with Crippen LogP contribution < -0.4 is 5.32 Å². The first-order chi connectivity index (χ1) is 9.63. The number of nitrogens with zero attached hydrogens (tertiary/aromatic N) is 2. The highest BCUT2D eigenvalue weighted by Crippen LogP contribution is 2.25. The zero-order valence-electron chi connectivity index (χ0n) is 10.7. The summed E-state index contributed by atoms with van der Waals surface area (Å²) in [6.45, 7) is 1.09. The number of hydrogen-bond donors (Lipinski definition) is 2. The summed E-state index contributed by atoms with van der Waals surface area (Å²) in [7, 11) is 0. The van der Waals surface area contributed by atoms with Gasteiger partial charge >= 0.3 is 6.09 Å². The molecular formula is C13H14IN3O3. The summed E-state index contributed by atoms with van der Waals surface area (Å²) in [6, 6.07) is 6.53. The van der Waals surface area contributed by atoms with Crippen LogP contribution in [0.2, 0.25) is 0 Å². The van der Waals surface area contributed by atoms with E-state index in [-0.39, 0.29) is 6.04 Å². The Morgan fingerprint density at radius 2 is 2.20 bits per heavy atom. The maximum absolute atomic E-state index is 10.8. The molecule has 0 atom stereocenters. The van der Waals surface area contributed by atoms with Crippen molar-refractivity contribution in [2.75, 3.05) is 18.4 Å². The molecule has 2 heterocycles. The lowest BCUT2D eigenvalue weighted by Crippen LogP contribution is -2.41. The quantitative estimate of drug-likeness (QED) is 0.775. The summed E-state index contributed by atoms with van der Waals surface area (Å²) >= 11 is 2.23. The van der Waals surface area contributed by atoms with Gasteiger partial charge in [-0.1, -0.05) is 6.07 Å². The standard InChI is InChI=1S/C13H14IN3O3/c14-9-2-1-3-10-11(9)16-12(20-10)15-8-4-6-17(7-5-8)13(18)19/h1-3,8H,4-7H2,(H,15,16)(H,18,19). The van der Waals surface area contributed by atoms with Crippen molar-refractivity contribution < 1.29 is 14.3 Å². The van der Waals surface area contributed by atoms with E-state index in [0.717, 1.165) is 27.5 Å². The van der Waals surface area contributed by atoms with Gasteiger partial charge in [0, 0.05) is 22.7 Å². The molecule has 3 rings (SSSR count). The molecule has 0 aliphatic carbocycles. The minimum absolute atomic E-state index is 0.205. The summed E-state index contributed by atoms with van der Waals surface area (Å²) < 4.78 is 6.72. The molecule has 1 aliphatic rings. The van der Waals surface area contributed by atoms with Gasteiger partial charge in [0.2, 0.25) is 0 Å². The Labute approximate surface area is 129 Å². The number of carboxylic acid groups (broad SMARTS) is 1. The summed E-state index contributed by atoms with van der Waals surface area (Å²) in [5.74, 6) is 0. The zero-order chi connectivity index (χ0) is 14.1. The van der Waals surface area contributed by atoms with Crippen LogP contribution in [0.5, 0.6) is 0 Å². The molecule has 0 saturated carbocycles. The number of benzene rings is 1. The van der Waals surface area contributed by atoms with E-state index in [1.807, 2.05) is 18.2 Å². The third kappa shape index (κ3) is 2.67. The number of amides is 1. The fourth-order valence-corrected chi connectivity index (χ4v) is 2.96. The van der Waals surface area contributed by atoms with E-state index >= 15 is 0 Å². The number of hydrogen-bond acceptors (Lipinski definition) is 4. The van der Waals surface area contributed by atoms with Crippen LogP contribution >= 0.6 is 22.6 Å². The van der Waals surface area contributed by atoms with E-state index in [4.69, 9.17) is 9.52 Å². The van der Waals surface area contributed by atoms with Gasteiger partial charge < -0.3 is 19.7 Å². The van der Waals surface area contributed by atoms with Crippen molar-refractivity contribution in [2.24, 2.45) is 0 Å². The number of oxazole rings is 1. The van der Waals surface area contributed by atoms with Gasteiger partial charge in [-0.05, 0) is 47.6 Å². The molecule has 1 aliphatic heterocycles. The van der Waals surface area contributed by atoms with Gasteiger partial charge in [-0.25, -0.2) is 4.79 Å². The van der Waals surface area contributed by atoms with Gasteiger partial charge in [-0.15, -0.1) is 0 Å². The minimum Gasteiger partial charge on any atom is -0.465 e. The number of nitrogens with one attached hydrogen (secondary N) is 1. The largest absolute Gasteiger partial charge is 0.465 e. The Bertz CT molecular complexity index is 635. The molecule has 1 fully saturated rings. The van der Waals surface area contributed by atoms with Crippen LogP contribution in [0, 0.1) is 3.57 Å². The van der Waals surface area contributed by atoms with E-state index in [1.165, 1.54) is 4.90 Å². The molecular weight excluding hydrogens is 373 g/mol. The average molecular weight is 387 g/mol. The second-order valence-electron chi connectivity index (χ2n) is 4.79. The van der Waals surface area contributed by atoms with Gasteiger partial charge in [0.15, 0.2) is 5.58 Å². The van der Waals surface area contributed by atoms with E-state index < -0.39 is 6.09 Å². The number of halogens is 1. The molecule has 0 bridgehead atoms. The number of piperidine rings is 1. The fourth-order valence-electron chi connectivity index (χ4n) is 2.37. The molecule has 2 N–H and O–H groups in total. The van der Waals surface area contributed by atoms with Crippen molar-refractivity contribution in [1.82, 2.24) is 9.88 Å². The second kappa shape index (κ2) is 5.47. The molecule has 7 heteroatoms. The second-order valence-corrected chi connectivity index (χ2v) is 5.96. The highest BCUT2D eigenvalue weighted by molar-refractivity contribution is 14.1. The molecule has 106 valence electrons. The molecule has 2 aromatic rings. The van der Waals surface area contributed by atoms with Gasteiger partial charge in [0.1, 0.15) is 5.52 Å². The SMILES string of the molecule is O=C(O)N1CCC(Nc2nc3c(I)cccc3o2)CC1. The maximum atomic E-state index is 10.8. The van der Waals surface area contributed by atoms with Crippen LogP contribution in [0.4, 0.5) is 10.8 Å². The Hall–Kier alpha value is -1.51. The topological polar surface area (TPSA) is 78.6 Å². The number of aromatic nitrogens is 1. The number of rotatable bonds is 2. The lowest BCUT2D eigenvalue weighted by atomic mass is 10.1. The Balaban J connectivity index is 1.68. The molecule has 1 saturated heterocycles. The van der Waals surface area contributed by atoms with Gasteiger partial charge in [0.05, 0.1) is 0 Å². The average Bonchev–Trinajstić information content (AvgIpc) is 2.83. The normalized spacial score (nSPS) is 16.6. The monoisotopic (exact) mass is 387 g/mol. The number of carbonyl (C=O) groups is 1. The van der Waals surface area contributed by atoms with E-state index in [2.05, 4.69) is 32.9 Å². The van der Waals surface area contributed by atoms with Crippen molar-refractivity contribution in [3.8, 4) is 0 Å².